The number of aryl methyl sites for hydroxylation is 1. The van der Waals surface area contributed by atoms with Crippen LogP contribution in [0.3, 0.4) is 0 Å². The van der Waals surface area contributed by atoms with Crippen LogP contribution in [-0.2, 0) is 16.6 Å². The van der Waals surface area contributed by atoms with E-state index in [1.54, 1.807) is 18.5 Å². The first-order chi connectivity index (χ1) is 9.83. The molecule has 3 N–H and O–H groups in total. The van der Waals surface area contributed by atoms with Crippen molar-refractivity contribution in [3.8, 4) is 0 Å². The highest BCUT2D eigenvalue weighted by atomic mass is 35.5. The van der Waals surface area contributed by atoms with Crippen molar-refractivity contribution in [3.63, 3.8) is 0 Å². The second-order valence-electron chi connectivity index (χ2n) is 4.40. The summed E-state index contributed by atoms with van der Waals surface area (Å²) in [5.41, 5.74) is 7.40. The maximum Gasteiger partial charge on any atom is 0.242 e. The van der Waals surface area contributed by atoms with Crippen molar-refractivity contribution in [3.05, 3.63) is 51.8 Å². The first-order valence-corrected chi connectivity index (χ1v) is 8.19. The molecule has 0 saturated carbocycles. The molecule has 0 unspecified atom stereocenters. The third-order valence-corrected chi connectivity index (χ3v) is 5.27. The Kier molecular flexibility index (Phi) is 4.73. The third-order valence-electron chi connectivity index (χ3n) is 2.98. The maximum atomic E-state index is 12.3. The fourth-order valence-electron chi connectivity index (χ4n) is 1.69. The molecule has 0 fully saturated rings. The van der Waals surface area contributed by atoms with Crippen LogP contribution in [0.1, 0.15) is 11.1 Å². The van der Waals surface area contributed by atoms with Crippen LogP contribution in [0.2, 0.25) is 10.0 Å². The van der Waals surface area contributed by atoms with Crippen molar-refractivity contribution in [2.24, 2.45) is 0 Å². The number of hydrogen-bond donors (Lipinski definition) is 2. The van der Waals surface area contributed by atoms with Crippen LogP contribution in [0.25, 0.3) is 0 Å². The molecule has 1 aromatic heterocycles. The second kappa shape index (κ2) is 6.19. The predicted molar refractivity (Wildman–Crippen MR) is 83.9 cm³/mol. The van der Waals surface area contributed by atoms with E-state index in [0.717, 1.165) is 11.1 Å². The van der Waals surface area contributed by atoms with E-state index in [0.29, 0.717) is 0 Å². The van der Waals surface area contributed by atoms with E-state index in [2.05, 4.69) is 9.71 Å². The quantitative estimate of drug-likeness (QED) is 0.834. The summed E-state index contributed by atoms with van der Waals surface area (Å²) in [4.78, 5) is 3.86. The van der Waals surface area contributed by atoms with E-state index in [-0.39, 0.29) is 27.2 Å². The van der Waals surface area contributed by atoms with Crippen molar-refractivity contribution in [1.82, 2.24) is 9.71 Å². The number of aromatic nitrogens is 1. The van der Waals surface area contributed by atoms with Gasteiger partial charge in [0, 0.05) is 18.9 Å². The minimum atomic E-state index is -3.79. The van der Waals surface area contributed by atoms with Crippen LogP contribution in [-0.4, -0.2) is 13.4 Å². The lowest BCUT2D eigenvalue weighted by molar-refractivity contribution is 0.581. The lowest BCUT2D eigenvalue weighted by Crippen LogP contribution is -2.24. The SMILES string of the molecule is Cc1ccncc1CNS(=O)(=O)c1ccc(Cl)c(N)c1Cl. The van der Waals surface area contributed by atoms with Crippen LogP contribution >= 0.6 is 23.2 Å². The fourth-order valence-corrected chi connectivity index (χ4v) is 3.46. The third kappa shape index (κ3) is 3.47. The van der Waals surface area contributed by atoms with Gasteiger partial charge in [-0.15, -0.1) is 0 Å². The lowest BCUT2D eigenvalue weighted by Gasteiger charge is -2.11. The smallest absolute Gasteiger partial charge is 0.242 e. The zero-order valence-corrected chi connectivity index (χ0v) is 13.4. The van der Waals surface area contributed by atoms with Crippen LogP contribution in [0.5, 0.6) is 0 Å². The molecular weight excluding hydrogens is 333 g/mol. The van der Waals surface area contributed by atoms with Crippen LogP contribution in [0, 0.1) is 6.92 Å². The van der Waals surface area contributed by atoms with Gasteiger partial charge in [-0.25, -0.2) is 13.1 Å². The Bertz CT molecular complexity index is 779. The minimum absolute atomic E-state index is 0.0405. The Morgan fingerprint density at radius 3 is 2.67 bits per heavy atom. The number of rotatable bonds is 4. The summed E-state index contributed by atoms with van der Waals surface area (Å²) in [6.45, 7) is 1.99. The highest BCUT2D eigenvalue weighted by Crippen LogP contribution is 2.33. The number of hydrogen-bond acceptors (Lipinski definition) is 4. The Morgan fingerprint density at radius 1 is 1.29 bits per heavy atom. The molecule has 0 radical (unpaired) electrons. The number of nitrogens with zero attached hydrogens (tertiary/aromatic N) is 1. The van der Waals surface area contributed by atoms with E-state index < -0.39 is 10.0 Å². The summed E-state index contributed by atoms with van der Waals surface area (Å²) in [5.74, 6) is 0. The standard InChI is InChI=1S/C13H13Cl2N3O2S/c1-8-4-5-17-6-9(8)7-18-21(19,20)11-3-2-10(14)13(16)12(11)15/h2-6,18H,7,16H2,1H3. The summed E-state index contributed by atoms with van der Waals surface area (Å²) >= 11 is 11.8. The lowest BCUT2D eigenvalue weighted by atomic mass is 10.2. The first kappa shape index (κ1) is 16.0. The molecule has 0 aliphatic heterocycles. The summed E-state index contributed by atoms with van der Waals surface area (Å²) in [5, 5.41) is 0.125. The van der Waals surface area contributed by atoms with Crippen LogP contribution < -0.4 is 10.5 Å². The molecule has 2 aromatic rings. The Balaban J connectivity index is 2.28. The van der Waals surface area contributed by atoms with Crippen molar-refractivity contribution in [2.75, 3.05) is 5.73 Å². The monoisotopic (exact) mass is 345 g/mol. The maximum absolute atomic E-state index is 12.3. The van der Waals surface area contributed by atoms with Crippen LogP contribution in [0.4, 0.5) is 5.69 Å². The Labute approximate surface area is 133 Å². The highest BCUT2D eigenvalue weighted by Gasteiger charge is 2.20. The van der Waals surface area contributed by atoms with Gasteiger partial charge >= 0.3 is 0 Å². The molecule has 5 nitrogen and oxygen atoms in total. The van der Waals surface area contributed by atoms with E-state index >= 15 is 0 Å². The van der Waals surface area contributed by atoms with Gasteiger partial charge < -0.3 is 5.73 Å². The van der Waals surface area contributed by atoms with Gasteiger partial charge in [0.05, 0.1) is 15.7 Å². The van der Waals surface area contributed by atoms with E-state index in [1.807, 2.05) is 6.92 Å². The normalized spacial score (nSPS) is 11.6. The van der Waals surface area contributed by atoms with Crippen LogP contribution in [0.15, 0.2) is 35.5 Å². The molecule has 0 amide bonds. The Morgan fingerprint density at radius 2 is 2.00 bits per heavy atom. The molecule has 1 aromatic carbocycles. The highest BCUT2D eigenvalue weighted by molar-refractivity contribution is 7.89. The summed E-state index contributed by atoms with van der Waals surface area (Å²) in [6, 6.07) is 4.52. The molecule has 0 spiro atoms. The zero-order valence-electron chi connectivity index (χ0n) is 11.1. The van der Waals surface area contributed by atoms with Crippen molar-refractivity contribution < 1.29 is 8.42 Å². The minimum Gasteiger partial charge on any atom is -0.396 e. The Hall–Kier alpha value is -1.34. The predicted octanol–water partition coefficient (Wildman–Crippen LogP) is 2.76. The number of sulfonamides is 1. The molecule has 1 heterocycles. The van der Waals surface area contributed by atoms with E-state index in [1.165, 1.54) is 12.1 Å². The van der Waals surface area contributed by atoms with Gasteiger partial charge in [-0.1, -0.05) is 23.2 Å². The largest absolute Gasteiger partial charge is 0.396 e. The first-order valence-electron chi connectivity index (χ1n) is 5.95. The van der Waals surface area contributed by atoms with Gasteiger partial charge in [-0.05, 0) is 36.2 Å². The van der Waals surface area contributed by atoms with Crippen molar-refractivity contribution in [1.29, 1.82) is 0 Å². The fraction of sp³-hybridized carbons (Fsp3) is 0.154. The van der Waals surface area contributed by atoms with Gasteiger partial charge in [0.2, 0.25) is 10.0 Å². The van der Waals surface area contributed by atoms with Gasteiger partial charge in [0.1, 0.15) is 4.90 Å². The molecule has 0 bridgehead atoms. The number of benzene rings is 1. The van der Waals surface area contributed by atoms with E-state index in [9.17, 15) is 8.42 Å². The number of halogens is 2. The molecule has 112 valence electrons. The topological polar surface area (TPSA) is 85.1 Å². The average molecular weight is 346 g/mol. The van der Waals surface area contributed by atoms with Gasteiger partial charge in [0.15, 0.2) is 0 Å². The summed E-state index contributed by atoms with van der Waals surface area (Å²) in [7, 11) is -3.79. The number of nitrogens with two attached hydrogens (primary N) is 1. The summed E-state index contributed by atoms with van der Waals surface area (Å²) in [6.07, 6.45) is 3.25. The number of anilines is 1. The molecule has 8 heteroatoms. The van der Waals surface area contributed by atoms with Crippen molar-refractivity contribution >= 4 is 38.9 Å². The molecule has 0 aliphatic carbocycles. The van der Waals surface area contributed by atoms with Gasteiger partial charge in [-0.2, -0.15) is 0 Å². The number of nitrogen functional groups attached to an aromatic ring is 1. The summed E-state index contributed by atoms with van der Waals surface area (Å²) < 4.78 is 27.0. The van der Waals surface area contributed by atoms with Crippen molar-refractivity contribution in [2.45, 2.75) is 18.4 Å². The molecule has 0 atom stereocenters. The molecule has 21 heavy (non-hydrogen) atoms. The second-order valence-corrected chi connectivity index (χ2v) is 6.92. The molecule has 0 aliphatic rings. The number of nitrogens with one attached hydrogen (secondary N) is 1. The van der Waals surface area contributed by atoms with Gasteiger partial charge in [0.25, 0.3) is 0 Å². The molecule has 2 rings (SSSR count). The molecule has 0 saturated heterocycles. The number of pyridine rings is 1. The molecular formula is C13H13Cl2N3O2S. The average Bonchev–Trinajstić information content (AvgIpc) is 2.44. The zero-order chi connectivity index (χ0) is 15.6. The van der Waals surface area contributed by atoms with E-state index in [4.69, 9.17) is 28.9 Å². The van der Waals surface area contributed by atoms with Gasteiger partial charge in [-0.3, -0.25) is 4.98 Å².